The molecule has 152 valence electrons. The molecule has 1 saturated carbocycles. The second-order valence-electron chi connectivity index (χ2n) is 7.79. The summed E-state index contributed by atoms with van der Waals surface area (Å²) in [5.41, 5.74) is 5.46. The maximum atomic E-state index is 13.1. The fraction of sp³-hybridized carbons (Fsp3) is 0.571. The summed E-state index contributed by atoms with van der Waals surface area (Å²) in [6.45, 7) is 0.648. The summed E-state index contributed by atoms with van der Waals surface area (Å²) in [6, 6.07) is 7.36. The zero-order valence-electron chi connectivity index (χ0n) is 16.0. The summed E-state index contributed by atoms with van der Waals surface area (Å²) in [5.74, 6) is -1.08. The Morgan fingerprint density at radius 3 is 2.43 bits per heavy atom. The van der Waals surface area contributed by atoms with Crippen LogP contribution >= 0.6 is 11.6 Å². The minimum Gasteiger partial charge on any atom is -0.455 e. The highest BCUT2D eigenvalue weighted by Crippen LogP contribution is 2.41. The number of benzene rings is 1. The van der Waals surface area contributed by atoms with E-state index in [1.54, 1.807) is 11.0 Å². The van der Waals surface area contributed by atoms with E-state index >= 15 is 0 Å². The number of amides is 2. The quantitative estimate of drug-likeness (QED) is 0.761. The van der Waals surface area contributed by atoms with Crippen molar-refractivity contribution in [1.29, 1.82) is 0 Å². The first-order chi connectivity index (χ1) is 13.4. The molecule has 28 heavy (non-hydrogen) atoms. The number of esters is 1. The first kappa shape index (κ1) is 20.6. The van der Waals surface area contributed by atoms with Gasteiger partial charge < -0.3 is 15.4 Å². The molecule has 0 unspecified atom stereocenters. The molecule has 2 aliphatic rings. The second kappa shape index (κ2) is 8.95. The van der Waals surface area contributed by atoms with Crippen molar-refractivity contribution in [3.8, 4) is 0 Å². The highest BCUT2D eigenvalue weighted by Gasteiger charge is 2.43. The molecule has 0 atom stereocenters. The lowest BCUT2D eigenvalue weighted by Crippen LogP contribution is -2.45. The SMILES string of the molecule is NC(=O)C1CCN(C(=O)COC(=O)C2(c3cccc(Cl)c3)CCCCC2)CC1. The van der Waals surface area contributed by atoms with Crippen molar-refractivity contribution in [1.82, 2.24) is 4.90 Å². The Labute approximate surface area is 170 Å². The molecule has 0 aromatic heterocycles. The van der Waals surface area contributed by atoms with Crippen molar-refractivity contribution >= 4 is 29.4 Å². The van der Waals surface area contributed by atoms with E-state index in [9.17, 15) is 14.4 Å². The molecule has 1 heterocycles. The van der Waals surface area contributed by atoms with Crippen LogP contribution in [0.15, 0.2) is 24.3 Å². The third-order valence-corrected chi connectivity index (χ3v) is 6.29. The minimum atomic E-state index is -0.734. The maximum Gasteiger partial charge on any atom is 0.317 e. The van der Waals surface area contributed by atoms with Gasteiger partial charge in [-0.05, 0) is 43.4 Å². The van der Waals surface area contributed by atoms with Gasteiger partial charge in [-0.25, -0.2) is 0 Å². The fourth-order valence-corrected chi connectivity index (χ4v) is 4.51. The van der Waals surface area contributed by atoms with E-state index < -0.39 is 5.41 Å². The highest BCUT2D eigenvalue weighted by atomic mass is 35.5. The summed E-state index contributed by atoms with van der Waals surface area (Å²) >= 11 is 6.15. The van der Waals surface area contributed by atoms with Crippen molar-refractivity contribution < 1.29 is 19.1 Å². The van der Waals surface area contributed by atoms with E-state index in [4.69, 9.17) is 22.1 Å². The number of carbonyl (C=O) groups excluding carboxylic acids is 3. The van der Waals surface area contributed by atoms with Gasteiger partial charge in [0.05, 0.1) is 5.41 Å². The van der Waals surface area contributed by atoms with Crippen LogP contribution in [0.1, 0.15) is 50.5 Å². The maximum absolute atomic E-state index is 13.1. The van der Waals surface area contributed by atoms with Gasteiger partial charge in [0.1, 0.15) is 0 Å². The third-order valence-electron chi connectivity index (χ3n) is 6.05. The average Bonchev–Trinajstić information content (AvgIpc) is 2.72. The lowest BCUT2D eigenvalue weighted by molar-refractivity contribution is -0.158. The molecular formula is C21H27ClN2O4. The van der Waals surface area contributed by atoms with Crippen LogP contribution in [0.25, 0.3) is 0 Å². The van der Waals surface area contributed by atoms with Crippen LogP contribution in [-0.4, -0.2) is 42.4 Å². The number of nitrogens with two attached hydrogens (primary N) is 1. The molecule has 2 N–H and O–H groups in total. The molecule has 2 fully saturated rings. The van der Waals surface area contributed by atoms with E-state index in [1.165, 1.54) is 0 Å². The number of primary amides is 1. The molecule has 0 bridgehead atoms. The molecule has 0 spiro atoms. The van der Waals surface area contributed by atoms with Gasteiger partial charge in [-0.15, -0.1) is 0 Å². The summed E-state index contributed by atoms with van der Waals surface area (Å²) in [5, 5.41) is 0.587. The van der Waals surface area contributed by atoms with Crippen LogP contribution in [0.2, 0.25) is 5.02 Å². The van der Waals surface area contributed by atoms with Gasteiger partial charge in [-0.2, -0.15) is 0 Å². The number of piperidine rings is 1. The Balaban J connectivity index is 1.63. The van der Waals surface area contributed by atoms with E-state index in [-0.39, 0.29) is 30.3 Å². The molecule has 1 aromatic carbocycles. The van der Waals surface area contributed by atoms with Gasteiger partial charge in [0.2, 0.25) is 5.91 Å². The van der Waals surface area contributed by atoms with E-state index in [1.807, 2.05) is 18.2 Å². The summed E-state index contributed by atoms with van der Waals surface area (Å²) in [4.78, 5) is 38.4. The standard InChI is InChI=1S/C21H27ClN2O4/c22-17-6-4-5-16(13-17)21(9-2-1-3-10-21)20(27)28-14-18(25)24-11-7-15(8-12-24)19(23)26/h4-6,13,15H,1-3,7-12,14H2,(H2,23,26). The molecule has 1 aliphatic heterocycles. The minimum absolute atomic E-state index is 0.181. The van der Waals surface area contributed by atoms with Crippen molar-refractivity contribution in [3.05, 3.63) is 34.9 Å². The first-order valence-electron chi connectivity index (χ1n) is 9.93. The summed E-state index contributed by atoms with van der Waals surface area (Å²) in [6.07, 6.45) is 5.48. The first-order valence-corrected chi connectivity index (χ1v) is 10.3. The average molecular weight is 407 g/mol. The monoisotopic (exact) mass is 406 g/mol. The van der Waals surface area contributed by atoms with E-state index in [0.29, 0.717) is 43.8 Å². The zero-order valence-corrected chi connectivity index (χ0v) is 16.7. The molecular weight excluding hydrogens is 380 g/mol. The number of nitrogens with zero attached hydrogens (tertiary/aromatic N) is 1. The van der Waals surface area contributed by atoms with Crippen molar-refractivity contribution in [2.24, 2.45) is 11.7 Å². The molecule has 1 saturated heterocycles. The van der Waals surface area contributed by atoms with Crippen molar-refractivity contribution in [3.63, 3.8) is 0 Å². The van der Waals surface area contributed by atoms with Gasteiger partial charge in [0.15, 0.2) is 6.61 Å². The third kappa shape index (κ3) is 4.49. The number of ether oxygens (including phenoxy) is 1. The zero-order chi connectivity index (χ0) is 20.1. The smallest absolute Gasteiger partial charge is 0.317 e. The predicted molar refractivity (Wildman–Crippen MR) is 106 cm³/mol. The van der Waals surface area contributed by atoms with Gasteiger partial charge in [0, 0.05) is 24.0 Å². The largest absolute Gasteiger partial charge is 0.455 e. The molecule has 1 aromatic rings. The van der Waals surface area contributed by atoms with E-state index in [0.717, 1.165) is 24.8 Å². The van der Waals surface area contributed by atoms with Gasteiger partial charge >= 0.3 is 5.97 Å². The molecule has 7 heteroatoms. The van der Waals surface area contributed by atoms with Gasteiger partial charge in [-0.3, -0.25) is 14.4 Å². The van der Waals surface area contributed by atoms with Crippen LogP contribution in [0, 0.1) is 5.92 Å². The van der Waals surface area contributed by atoms with Gasteiger partial charge in [-0.1, -0.05) is 43.0 Å². The number of rotatable bonds is 5. The fourth-order valence-electron chi connectivity index (χ4n) is 4.32. The van der Waals surface area contributed by atoms with Crippen LogP contribution in [0.3, 0.4) is 0 Å². The van der Waals surface area contributed by atoms with Crippen molar-refractivity contribution in [2.75, 3.05) is 19.7 Å². The number of carbonyl (C=O) groups is 3. The highest BCUT2D eigenvalue weighted by molar-refractivity contribution is 6.30. The Morgan fingerprint density at radius 2 is 1.82 bits per heavy atom. The number of hydrogen-bond donors (Lipinski definition) is 1. The molecule has 3 rings (SSSR count). The topological polar surface area (TPSA) is 89.7 Å². The Bertz CT molecular complexity index is 738. The van der Waals surface area contributed by atoms with Gasteiger partial charge in [0.25, 0.3) is 5.91 Å². The van der Waals surface area contributed by atoms with Crippen LogP contribution in [0.5, 0.6) is 0 Å². The molecule has 1 aliphatic carbocycles. The number of halogens is 1. The second-order valence-corrected chi connectivity index (χ2v) is 8.22. The Morgan fingerprint density at radius 1 is 1.14 bits per heavy atom. The normalized spacial score (nSPS) is 19.8. The summed E-state index contributed by atoms with van der Waals surface area (Å²) < 4.78 is 5.50. The lowest BCUT2D eigenvalue weighted by Gasteiger charge is -2.36. The van der Waals surface area contributed by atoms with Crippen LogP contribution in [0.4, 0.5) is 0 Å². The van der Waals surface area contributed by atoms with Crippen LogP contribution < -0.4 is 5.73 Å². The number of likely N-dealkylation sites (tertiary alicyclic amines) is 1. The predicted octanol–water partition coefficient (Wildman–Crippen LogP) is 2.81. The van der Waals surface area contributed by atoms with Crippen LogP contribution in [-0.2, 0) is 24.5 Å². The molecule has 6 nitrogen and oxygen atoms in total. The summed E-state index contributed by atoms with van der Waals surface area (Å²) in [7, 11) is 0. The molecule has 0 radical (unpaired) electrons. The molecule has 2 amide bonds. The van der Waals surface area contributed by atoms with Crippen molar-refractivity contribution in [2.45, 2.75) is 50.4 Å². The number of hydrogen-bond acceptors (Lipinski definition) is 4. The lowest BCUT2D eigenvalue weighted by atomic mass is 9.69. The Hall–Kier alpha value is -2.08. The van der Waals surface area contributed by atoms with E-state index in [2.05, 4.69) is 0 Å². The Kier molecular flexibility index (Phi) is 6.60.